The van der Waals surface area contributed by atoms with Crippen LogP contribution in [0.5, 0.6) is 0 Å². The largest absolute Gasteiger partial charge is 0.433 e. The number of hydrogen-bond donors (Lipinski definition) is 0. The number of halogens is 6. The summed E-state index contributed by atoms with van der Waals surface area (Å²) in [6.45, 7) is 1.32. The van der Waals surface area contributed by atoms with E-state index in [1.807, 2.05) is 0 Å². The van der Waals surface area contributed by atoms with Crippen LogP contribution in [0.3, 0.4) is 0 Å². The molecule has 0 atom stereocenters. The van der Waals surface area contributed by atoms with Gasteiger partial charge in [-0.15, -0.1) is 0 Å². The van der Waals surface area contributed by atoms with Gasteiger partial charge in [-0.25, -0.2) is 9.97 Å². The fraction of sp³-hybridized carbons (Fsp3) is 0.300. The molecule has 1 saturated heterocycles. The van der Waals surface area contributed by atoms with Crippen molar-refractivity contribution >= 4 is 22.4 Å². The second-order valence-electron chi connectivity index (χ2n) is 6.89. The predicted molar refractivity (Wildman–Crippen MR) is 100 cm³/mol. The van der Waals surface area contributed by atoms with Crippen LogP contribution in [0.1, 0.15) is 11.4 Å². The van der Waals surface area contributed by atoms with E-state index >= 15 is 0 Å². The molecule has 158 valence electrons. The first kappa shape index (κ1) is 20.2. The van der Waals surface area contributed by atoms with Gasteiger partial charge in [-0.05, 0) is 24.3 Å². The highest BCUT2D eigenvalue weighted by atomic mass is 19.4. The maximum atomic E-state index is 13.3. The Morgan fingerprint density at radius 2 is 1.30 bits per heavy atom. The Morgan fingerprint density at radius 3 is 1.97 bits per heavy atom. The van der Waals surface area contributed by atoms with Crippen LogP contribution in [0.4, 0.5) is 37.8 Å². The second-order valence-corrected chi connectivity index (χ2v) is 6.89. The summed E-state index contributed by atoms with van der Waals surface area (Å²) in [5.74, 6) is 0.194. The zero-order valence-electron chi connectivity index (χ0n) is 15.5. The quantitative estimate of drug-likeness (QED) is 0.541. The summed E-state index contributed by atoms with van der Waals surface area (Å²) in [5, 5.41) is 0.594. The number of piperazine rings is 1. The SMILES string of the molecule is FC(F)(F)c1cccc(N2CCN(c3cc(C(F)(F)F)nc4ccccc34)CC2)n1. The van der Waals surface area contributed by atoms with E-state index in [1.165, 1.54) is 18.2 Å². The average molecular weight is 426 g/mol. The maximum Gasteiger partial charge on any atom is 0.433 e. The van der Waals surface area contributed by atoms with Gasteiger partial charge in [-0.1, -0.05) is 24.3 Å². The van der Waals surface area contributed by atoms with Crippen LogP contribution in [0.25, 0.3) is 10.9 Å². The summed E-state index contributed by atoms with van der Waals surface area (Å²) < 4.78 is 78.6. The molecule has 0 N–H and O–H groups in total. The molecule has 0 radical (unpaired) electrons. The van der Waals surface area contributed by atoms with Crippen molar-refractivity contribution in [2.45, 2.75) is 12.4 Å². The van der Waals surface area contributed by atoms with Crippen LogP contribution in [0.2, 0.25) is 0 Å². The number of benzene rings is 1. The highest BCUT2D eigenvalue weighted by molar-refractivity contribution is 5.92. The number of fused-ring (bicyclic) bond motifs is 1. The normalized spacial score (nSPS) is 15.7. The molecule has 2 aromatic heterocycles. The Hall–Kier alpha value is -3.04. The summed E-state index contributed by atoms with van der Waals surface area (Å²) in [5.41, 5.74) is -1.30. The first-order valence-electron chi connectivity index (χ1n) is 9.14. The number of nitrogens with zero attached hydrogens (tertiary/aromatic N) is 4. The number of alkyl halides is 6. The summed E-state index contributed by atoms with van der Waals surface area (Å²) in [6, 6.07) is 11.3. The Kier molecular flexibility index (Phi) is 4.95. The number of anilines is 2. The molecule has 1 aliphatic rings. The van der Waals surface area contributed by atoms with E-state index in [4.69, 9.17) is 0 Å². The van der Waals surface area contributed by atoms with Gasteiger partial charge in [0.15, 0.2) is 0 Å². The van der Waals surface area contributed by atoms with E-state index in [0.29, 0.717) is 37.3 Å². The molecular formula is C20H16F6N4. The van der Waals surface area contributed by atoms with Crippen molar-refractivity contribution in [3.05, 3.63) is 59.9 Å². The molecule has 0 bridgehead atoms. The highest BCUT2D eigenvalue weighted by Crippen LogP contribution is 2.35. The third-order valence-corrected chi connectivity index (χ3v) is 4.95. The zero-order valence-corrected chi connectivity index (χ0v) is 15.5. The van der Waals surface area contributed by atoms with Gasteiger partial charge in [0.2, 0.25) is 0 Å². The zero-order chi connectivity index (χ0) is 21.5. The van der Waals surface area contributed by atoms with Crippen LogP contribution in [-0.2, 0) is 12.4 Å². The molecule has 0 aliphatic carbocycles. The predicted octanol–water partition coefficient (Wildman–Crippen LogP) is 4.99. The minimum absolute atomic E-state index is 0.194. The average Bonchev–Trinajstić information content (AvgIpc) is 2.72. The lowest BCUT2D eigenvalue weighted by atomic mass is 10.1. The minimum atomic E-state index is -4.58. The molecule has 0 spiro atoms. The van der Waals surface area contributed by atoms with Gasteiger partial charge < -0.3 is 9.80 Å². The minimum Gasteiger partial charge on any atom is -0.367 e. The fourth-order valence-corrected chi connectivity index (χ4v) is 3.50. The van der Waals surface area contributed by atoms with Crippen molar-refractivity contribution in [1.29, 1.82) is 0 Å². The van der Waals surface area contributed by atoms with Gasteiger partial charge in [-0.3, -0.25) is 0 Å². The van der Waals surface area contributed by atoms with Gasteiger partial charge in [0.25, 0.3) is 0 Å². The smallest absolute Gasteiger partial charge is 0.367 e. The lowest BCUT2D eigenvalue weighted by Crippen LogP contribution is -2.47. The number of pyridine rings is 2. The van der Waals surface area contributed by atoms with Gasteiger partial charge in [0, 0.05) is 37.3 Å². The van der Waals surface area contributed by atoms with Gasteiger partial charge >= 0.3 is 12.4 Å². The standard InChI is InChI=1S/C20H16F6N4/c21-19(22,23)16-6-3-7-18(28-16)30-10-8-29(9-11-30)15-12-17(20(24,25)26)27-14-5-2-1-4-13(14)15/h1-7,12H,8-11H2. The Labute approximate surface area is 167 Å². The van der Waals surface area contributed by atoms with E-state index in [0.717, 1.165) is 12.1 Å². The maximum absolute atomic E-state index is 13.3. The van der Waals surface area contributed by atoms with Crippen molar-refractivity contribution in [2.24, 2.45) is 0 Å². The number of hydrogen-bond acceptors (Lipinski definition) is 4. The van der Waals surface area contributed by atoms with E-state index in [2.05, 4.69) is 9.97 Å². The van der Waals surface area contributed by atoms with Crippen molar-refractivity contribution < 1.29 is 26.3 Å². The summed E-state index contributed by atoms with van der Waals surface area (Å²) >= 11 is 0. The second kappa shape index (κ2) is 7.33. The Morgan fingerprint density at radius 1 is 0.667 bits per heavy atom. The van der Waals surface area contributed by atoms with Crippen molar-refractivity contribution in [2.75, 3.05) is 36.0 Å². The lowest BCUT2D eigenvalue weighted by molar-refractivity contribution is -0.141. The van der Waals surface area contributed by atoms with Crippen LogP contribution in [0.15, 0.2) is 48.5 Å². The van der Waals surface area contributed by atoms with E-state index < -0.39 is 23.7 Å². The molecular weight excluding hydrogens is 410 g/mol. The number of para-hydroxylation sites is 1. The molecule has 10 heteroatoms. The first-order valence-corrected chi connectivity index (χ1v) is 9.14. The molecule has 3 heterocycles. The highest BCUT2D eigenvalue weighted by Gasteiger charge is 2.35. The fourth-order valence-electron chi connectivity index (χ4n) is 3.50. The van der Waals surface area contributed by atoms with Crippen molar-refractivity contribution in [1.82, 2.24) is 9.97 Å². The molecule has 0 unspecified atom stereocenters. The molecule has 1 aromatic carbocycles. The molecule has 0 amide bonds. The monoisotopic (exact) mass is 426 g/mol. The summed E-state index contributed by atoms with van der Waals surface area (Å²) in [4.78, 5) is 10.9. The van der Waals surface area contributed by atoms with Gasteiger partial charge in [-0.2, -0.15) is 26.3 Å². The van der Waals surface area contributed by atoms with E-state index in [1.54, 1.807) is 28.0 Å². The van der Waals surface area contributed by atoms with Crippen LogP contribution < -0.4 is 9.80 Å². The number of aromatic nitrogens is 2. The van der Waals surface area contributed by atoms with Crippen LogP contribution >= 0.6 is 0 Å². The molecule has 0 saturated carbocycles. The van der Waals surface area contributed by atoms with Crippen LogP contribution in [-0.4, -0.2) is 36.1 Å². The summed E-state index contributed by atoms with van der Waals surface area (Å²) in [7, 11) is 0. The molecule has 3 aromatic rings. The summed E-state index contributed by atoms with van der Waals surface area (Å²) in [6.07, 6.45) is -9.12. The Bertz CT molecular complexity index is 1060. The molecule has 1 fully saturated rings. The van der Waals surface area contributed by atoms with Gasteiger partial charge in [0.05, 0.1) is 5.52 Å². The molecule has 30 heavy (non-hydrogen) atoms. The third kappa shape index (κ3) is 3.99. The van der Waals surface area contributed by atoms with Gasteiger partial charge in [0.1, 0.15) is 17.2 Å². The van der Waals surface area contributed by atoms with E-state index in [-0.39, 0.29) is 11.3 Å². The van der Waals surface area contributed by atoms with Crippen molar-refractivity contribution in [3.8, 4) is 0 Å². The Balaban J connectivity index is 1.60. The number of rotatable bonds is 2. The van der Waals surface area contributed by atoms with Crippen molar-refractivity contribution in [3.63, 3.8) is 0 Å². The van der Waals surface area contributed by atoms with Crippen LogP contribution in [0, 0.1) is 0 Å². The van der Waals surface area contributed by atoms with E-state index in [9.17, 15) is 26.3 Å². The lowest BCUT2D eigenvalue weighted by Gasteiger charge is -2.37. The molecule has 4 nitrogen and oxygen atoms in total. The third-order valence-electron chi connectivity index (χ3n) is 4.95. The first-order chi connectivity index (χ1) is 14.1. The topological polar surface area (TPSA) is 32.3 Å². The molecule has 4 rings (SSSR count). The molecule has 1 aliphatic heterocycles.